The van der Waals surface area contributed by atoms with Gasteiger partial charge in [-0.2, -0.15) is 0 Å². The summed E-state index contributed by atoms with van der Waals surface area (Å²) >= 11 is 24.1. The molecule has 116 valence electrons. The van der Waals surface area contributed by atoms with Crippen molar-refractivity contribution in [1.82, 2.24) is 0 Å². The molecule has 0 fully saturated rings. The van der Waals surface area contributed by atoms with E-state index in [-0.39, 0.29) is 13.2 Å². The molecule has 0 radical (unpaired) electrons. The van der Waals surface area contributed by atoms with E-state index in [2.05, 4.69) is 23.7 Å². The number of hydrogen-bond acceptors (Lipinski definition) is 1. The maximum absolute atomic E-state index is 6.01. The van der Waals surface area contributed by atoms with E-state index >= 15 is 0 Å². The first-order chi connectivity index (χ1) is 11.1. The van der Waals surface area contributed by atoms with Gasteiger partial charge in [-0.1, -0.05) is 82.2 Å². The molecule has 0 spiro atoms. The van der Waals surface area contributed by atoms with Crippen molar-refractivity contribution in [2.45, 2.75) is 0 Å². The van der Waals surface area contributed by atoms with Gasteiger partial charge < -0.3 is 4.74 Å². The lowest BCUT2D eigenvalue weighted by Crippen LogP contribution is -1.92. The fourth-order valence-corrected chi connectivity index (χ4v) is 2.62. The zero-order chi connectivity index (χ0) is 16.7. The molecule has 0 aliphatic rings. The molecule has 0 aromatic heterocycles. The van der Waals surface area contributed by atoms with Crippen molar-refractivity contribution in [2.75, 3.05) is 13.2 Å². The molecule has 0 atom stereocenters. The van der Waals surface area contributed by atoms with Gasteiger partial charge in [-0.25, -0.2) is 0 Å². The Balaban J connectivity index is 1.89. The smallest absolute Gasteiger partial charge is 0.109 e. The molecule has 2 rings (SSSR count). The Morgan fingerprint density at radius 1 is 0.652 bits per heavy atom. The van der Waals surface area contributed by atoms with Gasteiger partial charge >= 0.3 is 0 Å². The molecule has 0 saturated carbocycles. The molecule has 0 aliphatic carbocycles. The summed E-state index contributed by atoms with van der Waals surface area (Å²) in [5.41, 5.74) is 1.18. The van der Waals surface area contributed by atoms with Crippen molar-refractivity contribution in [3.8, 4) is 23.7 Å². The highest BCUT2D eigenvalue weighted by molar-refractivity contribution is 6.37. The maximum atomic E-state index is 6.01. The van der Waals surface area contributed by atoms with Crippen molar-refractivity contribution in [2.24, 2.45) is 0 Å². The van der Waals surface area contributed by atoms with Crippen LogP contribution in [0.2, 0.25) is 20.1 Å². The van der Waals surface area contributed by atoms with Crippen molar-refractivity contribution < 1.29 is 4.74 Å². The third-order valence-electron chi connectivity index (χ3n) is 2.70. The Morgan fingerprint density at radius 3 is 1.35 bits per heavy atom. The molecule has 0 amide bonds. The first-order valence-electron chi connectivity index (χ1n) is 6.53. The Kier molecular flexibility index (Phi) is 7.13. The van der Waals surface area contributed by atoms with Crippen molar-refractivity contribution >= 4 is 46.4 Å². The van der Waals surface area contributed by atoms with Crippen LogP contribution in [0.15, 0.2) is 36.4 Å². The van der Waals surface area contributed by atoms with E-state index in [0.29, 0.717) is 31.2 Å². The van der Waals surface area contributed by atoms with Crippen LogP contribution in [0.25, 0.3) is 0 Å². The molecule has 0 aliphatic heterocycles. The largest absolute Gasteiger partial charge is 0.356 e. The van der Waals surface area contributed by atoms with E-state index in [1.165, 1.54) is 0 Å². The second kappa shape index (κ2) is 9.09. The van der Waals surface area contributed by atoms with E-state index in [0.717, 1.165) is 0 Å². The Bertz CT molecular complexity index is 712. The van der Waals surface area contributed by atoms with Crippen LogP contribution in [0, 0.1) is 23.7 Å². The summed E-state index contributed by atoms with van der Waals surface area (Å²) in [4.78, 5) is 0. The summed E-state index contributed by atoms with van der Waals surface area (Å²) in [7, 11) is 0. The van der Waals surface area contributed by atoms with Gasteiger partial charge in [0, 0.05) is 0 Å². The average Bonchev–Trinajstić information content (AvgIpc) is 2.51. The van der Waals surface area contributed by atoms with Gasteiger partial charge in [-0.15, -0.1) is 0 Å². The highest BCUT2D eigenvalue weighted by Crippen LogP contribution is 2.23. The molecule has 0 heterocycles. The number of halogens is 4. The summed E-state index contributed by atoms with van der Waals surface area (Å²) in [5, 5.41) is 2.05. The Labute approximate surface area is 155 Å². The molecule has 2 aromatic rings. The molecule has 5 heteroatoms. The van der Waals surface area contributed by atoms with Crippen molar-refractivity contribution in [1.29, 1.82) is 0 Å². The molecule has 0 unspecified atom stereocenters. The second-order valence-electron chi connectivity index (χ2n) is 4.29. The van der Waals surface area contributed by atoms with Gasteiger partial charge in [0.1, 0.15) is 13.2 Å². The topological polar surface area (TPSA) is 9.23 Å². The lowest BCUT2D eigenvalue weighted by atomic mass is 10.2. The van der Waals surface area contributed by atoms with Crippen LogP contribution in [0.4, 0.5) is 0 Å². The number of rotatable bonds is 2. The number of benzene rings is 2. The number of hydrogen-bond donors (Lipinski definition) is 0. The zero-order valence-corrected chi connectivity index (χ0v) is 14.8. The zero-order valence-electron chi connectivity index (χ0n) is 11.8. The predicted octanol–water partition coefficient (Wildman–Crippen LogP) is 5.72. The molecular weight excluding hydrogens is 374 g/mol. The fourth-order valence-electron chi connectivity index (χ4n) is 1.64. The third-order valence-corrected chi connectivity index (χ3v) is 3.96. The van der Waals surface area contributed by atoms with Crippen molar-refractivity contribution in [3.63, 3.8) is 0 Å². The van der Waals surface area contributed by atoms with Crippen LogP contribution in [-0.4, -0.2) is 13.2 Å². The average molecular weight is 384 g/mol. The minimum atomic E-state index is 0.215. The summed E-state index contributed by atoms with van der Waals surface area (Å²) in [6.45, 7) is 0.430. The summed E-state index contributed by atoms with van der Waals surface area (Å²) in [5.74, 6) is 11.4. The van der Waals surface area contributed by atoms with E-state index in [1.54, 1.807) is 36.4 Å². The third kappa shape index (κ3) is 5.36. The van der Waals surface area contributed by atoms with E-state index in [4.69, 9.17) is 51.1 Å². The Morgan fingerprint density at radius 2 is 1.00 bits per heavy atom. The SMILES string of the molecule is Clc1cccc(Cl)c1C#CCOCC#Cc1c(Cl)cccc1Cl. The lowest BCUT2D eigenvalue weighted by molar-refractivity contribution is 0.204. The van der Waals surface area contributed by atoms with E-state index in [9.17, 15) is 0 Å². The number of ether oxygens (including phenoxy) is 1. The molecule has 1 nitrogen and oxygen atoms in total. The molecule has 23 heavy (non-hydrogen) atoms. The van der Waals surface area contributed by atoms with Gasteiger partial charge in [-0.3, -0.25) is 0 Å². The van der Waals surface area contributed by atoms with Gasteiger partial charge in [0.05, 0.1) is 31.2 Å². The highest BCUT2D eigenvalue weighted by Gasteiger charge is 2.01. The minimum Gasteiger partial charge on any atom is -0.356 e. The molecule has 0 saturated heterocycles. The minimum absolute atomic E-state index is 0.215. The predicted molar refractivity (Wildman–Crippen MR) is 97.5 cm³/mol. The van der Waals surface area contributed by atoms with Crippen LogP contribution in [-0.2, 0) is 4.74 Å². The van der Waals surface area contributed by atoms with E-state index in [1.807, 2.05) is 0 Å². The quantitative estimate of drug-likeness (QED) is 0.476. The molecule has 0 N–H and O–H groups in total. The van der Waals surface area contributed by atoms with E-state index < -0.39 is 0 Å². The van der Waals surface area contributed by atoms with Gasteiger partial charge in [0.15, 0.2) is 0 Å². The van der Waals surface area contributed by atoms with Crippen LogP contribution in [0.5, 0.6) is 0 Å². The summed E-state index contributed by atoms with van der Waals surface area (Å²) in [6, 6.07) is 10.5. The summed E-state index contributed by atoms with van der Waals surface area (Å²) < 4.78 is 5.32. The molecule has 2 aromatic carbocycles. The fraction of sp³-hybridized carbons (Fsp3) is 0.111. The van der Waals surface area contributed by atoms with Gasteiger partial charge in [0.25, 0.3) is 0 Å². The Hall–Kier alpha value is -1.32. The highest BCUT2D eigenvalue weighted by atomic mass is 35.5. The normalized spacial score (nSPS) is 9.57. The van der Waals surface area contributed by atoms with Crippen molar-refractivity contribution in [3.05, 3.63) is 67.6 Å². The van der Waals surface area contributed by atoms with Crippen LogP contribution >= 0.6 is 46.4 Å². The lowest BCUT2D eigenvalue weighted by Gasteiger charge is -1.98. The van der Waals surface area contributed by atoms with Crippen LogP contribution in [0.3, 0.4) is 0 Å². The monoisotopic (exact) mass is 382 g/mol. The first-order valence-corrected chi connectivity index (χ1v) is 8.04. The second-order valence-corrected chi connectivity index (χ2v) is 5.92. The van der Waals surface area contributed by atoms with Crippen LogP contribution in [0.1, 0.15) is 11.1 Å². The summed E-state index contributed by atoms with van der Waals surface area (Å²) in [6.07, 6.45) is 0. The van der Waals surface area contributed by atoms with Gasteiger partial charge in [-0.05, 0) is 24.3 Å². The first kappa shape index (κ1) is 18.0. The molecule has 0 bridgehead atoms. The molecular formula is C18H10Cl4O. The van der Waals surface area contributed by atoms with Gasteiger partial charge in [0.2, 0.25) is 0 Å². The maximum Gasteiger partial charge on any atom is 0.109 e. The van der Waals surface area contributed by atoms with Crippen LogP contribution < -0.4 is 0 Å². The standard InChI is InChI=1S/C18H10Cl4O/c19-15-7-1-8-16(20)13(15)5-3-11-23-12-4-6-14-17(21)9-2-10-18(14)22/h1-2,7-10H,11-12H2.